The summed E-state index contributed by atoms with van der Waals surface area (Å²) in [4.78, 5) is 24.7. The number of carbonyl (C=O) groups excluding carboxylic acids is 2. The molecule has 3 rings (SSSR count). The Bertz CT molecular complexity index is 812. The van der Waals surface area contributed by atoms with Crippen LogP contribution in [0.5, 0.6) is 0 Å². The van der Waals surface area contributed by atoms with E-state index in [1.165, 1.54) is 0 Å². The second-order valence-electron chi connectivity index (χ2n) is 5.75. The number of rotatable bonds is 3. The normalized spacial score (nSPS) is 17.1. The lowest BCUT2D eigenvalue weighted by atomic mass is 9.92. The average molecular weight is 321 g/mol. The first kappa shape index (κ1) is 15.8. The van der Waals surface area contributed by atoms with E-state index in [0.717, 1.165) is 11.1 Å². The Morgan fingerprint density at radius 1 is 1.00 bits per heavy atom. The first-order valence-electron chi connectivity index (χ1n) is 7.76. The number of nitrogens with one attached hydrogen (secondary N) is 3. The van der Waals surface area contributed by atoms with Gasteiger partial charge in [0.2, 0.25) is 0 Å². The predicted octanol–water partition coefficient (Wildman–Crippen LogP) is 3.26. The number of benzene rings is 2. The average Bonchev–Trinajstić information content (AvgIpc) is 2.55. The van der Waals surface area contributed by atoms with E-state index in [2.05, 4.69) is 16.0 Å². The standard InChI is InChI=1S/C19H19N3O2/c1-12-8-6-7-11-15(12)17-16(13(2)20-19(24)22-17)18(23)21-14-9-4-3-5-10-14/h3-11,17H,1-2H3,(H,21,23)(H2,20,22,24)/t17-/m1/s1. The molecule has 2 aromatic rings. The summed E-state index contributed by atoms with van der Waals surface area (Å²) in [5.41, 5.74) is 3.70. The van der Waals surface area contributed by atoms with Crippen LogP contribution in [0.15, 0.2) is 65.9 Å². The molecule has 0 unspecified atom stereocenters. The minimum Gasteiger partial charge on any atom is -0.327 e. The monoisotopic (exact) mass is 321 g/mol. The summed E-state index contributed by atoms with van der Waals surface area (Å²) in [7, 11) is 0. The Hall–Kier alpha value is -3.08. The van der Waals surface area contributed by atoms with Crippen molar-refractivity contribution < 1.29 is 9.59 Å². The quantitative estimate of drug-likeness (QED) is 0.812. The summed E-state index contributed by atoms with van der Waals surface area (Å²) < 4.78 is 0. The maximum atomic E-state index is 12.8. The summed E-state index contributed by atoms with van der Waals surface area (Å²) in [6.07, 6.45) is 0. The first-order chi connectivity index (χ1) is 11.6. The Labute approximate surface area is 140 Å². The minimum atomic E-state index is -0.483. The molecule has 0 aromatic heterocycles. The fraction of sp³-hybridized carbons (Fsp3) is 0.158. The molecule has 0 saturated heterocycles. The second-order valence-corrected chi connectivity index (χ2v) is 5.75. The Kier molecular flexibility index (Phi) is 4.33. The molecule has 2 aromatic carbocycles. The van der Waals surface area contributed by atoms with E-state index < -0.39 is 6.04 Å². The number of hydrogen-bond acceptors (Lipinski definition) is 2. The molecule has 0 radical (unpaired) electrons. The predicted molar refractivity (Wildman–Crippen MR) is 93.4 cm³/mol. The highest BCUT2D eigenvalue weighted by atomic mass is 16.2. The van der Waals surface area contributed by atoms with E-state index in [-0.39, 0.29) is 11.9 Å². The third-order valence-corrected chi connectivity index (χ3v) is 4.04. The van der Waals surface area contributed by atoms with E-state index in [0.29, 0.717) is 17.0 Å². The molecule has 122 valence electrons. The molecule has 0 aliphatic carbocycles. The Morgan fingerprint density at radius 2 is 1.67 bits per heavy atom. The van der Waals surface area contributed by atoms with E-state index in [1.807, 2.05) is 61.5 Å². The van der Waals surface area contributed by atoms with Crippen molar-refractivity contribution in [1.29, 1.82) is 0 Å². The van der Waals surface area contributed by atoms with Gasteiger partial charge in [-0.3, -0.25) is 4.79 Å². The number of urea groups is 1. The number of hydrogen-bond donors (Lipinski definition) is 3. The molecule has 5 nitrogen and oxygen atoms in total. The van der Waals surface area contributed by atoms with Crippen molar-refractivity contribution in [3.8, 4) is 0 Å². The smallest absolute Gasteiger partial charge is 0.319 e. The number of amides is 3. The lowest BCUT2D eigenvalue weighted by Gasteiger charge is -2.29. The maximum Gasteiger partial charge on any atom is 0.319 e. The third kappa shape index (κ3) is 3.15. The van der Waals surface area contributed by atoms with Gasteiger partial charge in [-0.25, -0.2) is 4.79 Å². The van der Waals surface area contributed by atoms with Crippen LogP contribution in [-0.4, -0.2) is 11.9 Å². The lowest BCUT2D eigenvalue weighted by Crippen LogP contribution is -2.46. The van der Waals surface area contributed by atoms with Gasteiger partial charge < -0.3 is 16.0 Å². The molecule has 1 aliphatic heterocycles. The van der Waals surface area contributed by atoms with Gasteiger partial charge in [0.25, 0.3) is 5.91 Å². The highest BCUT2D eigenvalue weighted by Crippen LogP contribution is 2.29. The van der Waals surface area contributed by atoms with Gasteiger partial charge in [0.1, 0.15) is 0 Å². The molecule has 0 fully saturated rings. The summed E-state index contributed by atoms with van der Waals surface area (Å²) >= 11 is 0. The summed E-state index contributed by atoms with van der Waals surface area (Å²) in [5.74, 6) is -0.237. The fourth-order valence-corrected chi connectivity index (χ4v) is 2.86. The van der Waals surface area contributed by atoms with Gasteiger partial charge in [0, 0.05) is 11.4 Å². The molecular weight excluding hydrogens is 302 g/mol. The van der Waals surface area contributed by atoms with Crippen LogP contribution < -0.4 is 16.0 Å². The lowest BCUT2D eigenvalue weighted by molar-refractivity contribution is -0.113. The van der Waals surface area contributed by atoms with E-state index >= 15 is 0 Å². The van der Waals surface area contributed by atoms with Crippen molar-refractivity contribution in [1.82, 2.24) is 10.6 Å². The van der Waals surface area contributed by atoms with Gasteiger partial charge in [-0.2, -0.15) is 0 Å². The van der Waals surface area contributed by atoms with Gasteiger partial charge in [-0.05, 0) is 37.1 Å². The van der Waals surface area contributed by atoms with Crippen LogP contribution in [-0.2, 0) is 4.79 Å². The zero-order chi connectivity index (χ0) is 17.1. The van der Waals surface area contributed by atoms with E-state index in [1.54, 1.807) is 6.92 Å². The zero-order valence-corrected chi connectivity index (χ0v) is 13.6. The summed E-state index contributed by atoms with van der Waals surface area (Å²) in [6.45, 7) is 3.70. The van der Waals surface area contributed by atoms with Gasteiger partial charge in [0.15, 0.2) is 0 Å². The largest absolute Gasteiger partial charge is 0.327 e. The van der Waals surface area contributed by atoms with Gasteiger partial charge in [-0.1, -0.05) is 42.5 Å². The molecule has 0 spiro atoms. The van der Waals surface area contributed by atoms with Crippen molar-refractivity contribution in [3.63, 3.8) is 0 Å². The van der Waals surface area contributed by atoms with Gasteiger partial charge in [0.05, 0.1) is 11.6 Å². The van der Waals surface area contributed by atoms with Gasteiger partial charge in [-0.15, -0.1) is 0 Å². The molecule has 5 heteroatoms. The van der Waals surface area contributed by atoms with Crippen LogP contribution in [0.3, 0.4) is 0 Å². The Morgan fingerprint density at radius 3 is 2.38 bits per heavy atom. The number of carbonyl (C=O) groups is 2. The molecule has 0 bridgehead atoms. The van der Waals surface area contributed by atoms with Crippen molar-refractivity contribution in [2.75, 3.05) is 5.32 Å². The van der Waals surface area contributed by atoms with Crippen LogP contribution in [0.1, 0.15) is 24.1 Å². The number of allylic oxidation sites excluding steroid dienone is 1. The van der Waals surface area contributed by atoms with Crippen LogP contribution in [0.2, 0.25) is 0 Å². The first-order valence-corrected chi connectivity index (χ1v) is 7.76. The highest BCUT2D eigenvalue weighted by molar-refractivity contribution is 6.06. The maximum absolute atomic E-state index is 12.8. The molecule has 3 N–H and O–H groups in total. The van der Waals surface area contributed by atoms with Crippen molar-refractivity contribution in [2.45, 2.75) is 19.9 Å². The number of aryl methyl sites for hydroxylation is 1. The molecule has 1 atom stereocenters. The van der Waals surface area contributed by atoms with Crippen LogP contribution >= 0.6 is 0 Å². The molecule has 3 amide bonds. The summed E-state index contributed by atoms with van der Waals surface area (Å²) in [5, 5.41) is 8.42. The SMILES string of the molecule is CC1=C(C(=O)Nc2ccccc2)[C@@H](c2ccccc2C)NC(=O)N1. The van der Waals surface area contributed by atoms with Crippen LogP contribution in [0, 0.1) is 6.92 Å². The zero-order valence-electron chi connectivity index (χ0n) is 13.6. The Balaban J connectivity index is 1.98. The van der Waals surface area contributed by atoms with Gasteiger partial charge >= 0.3 is 6.03 Å². The molecule has 24 heavy (non-hydrogen) atoms. The second kappa shape index (κ2) is 6.58. The number of anilines is 1. The molecular formula is C19H19N3O2. The molecule has 1 aliphatic rings. The molecule has 1 heterocycles. The third-order valence-electron chi connectivity index (χ3n) is 4.04. The molecule has 0 saturated carbocycles. The van der Waals surface area contributed by atoms with Crippen LogP contribution in [0.25, 0.3) is 0 Å². The van der Waals surface area contributed by atoms with Crippen molar-refractivity contribution in [3.05, 3.63) is 77.0 Å². The number of para-hydroxylation sites is 1. The van der Waals surface area contributed by atoms with E-state index in [9.17, 15) is 9.59 Å². The van der Waals surface area contributed by atoms with E-state index in [4.69, 9.17) is 0 Å². The summed E-state index contributed by atoms with van der Waals surface area (Å²) in [6, 6.07) is 16.2. The van der Waals surface area contributed by atoms with Crippen molar-refractivity contribution in [2.24, 2.45) is 0 Å². The minimum absolute atomic E-state index is 0.237. The van der Waals surface area contributed by atoms with Crippen LogP contribution in [0.4, 0.5) is 10.5 Å². The highest BCUT2D eigenvalue weighted by Gasteiger charge is 2.31. The topological polar surface area (TPSA) is 70.2 Å². The fourth-order valence-electron chi connectivity index (χ4n) is 2.86. The van der Waals surface area contributed by atoms with Crippen molar-refractivity contribution >= 4 is 17.6 Å².